The number of morpholine rings is 1. The van der Waals surface area contributed by atoms with E-state index >= 15 is 0 Å². The molecule has 0 spiro atoms. The first-order chi connectivity index (χ1) is 14.6. The van der Waals surface area contributed by atoms with Crippen molar-refractivity contribution < 1.29 is 13.9 Å². The lowest BCUT2D eigenvalue weighted by Gasteiger charge is -2.33. The quantitative estimate of drug-likeness (QED) is 0.797. The number of ether oxygens (including phenoxy) is 1. The SMILES string of the molecule is O=C(CN1CCC[C@@H](n2ncc(N3CCOCC3)cc2=O)C1)Nc1cccc(F)c1. The summed E-state index contributed by atoms with van der Waals surface area (Å²) in [6.45, 7) is 4.34. The van der Waals surface area contributed by atoms with Gasteiger partial charge in [0.15, 0.2) is 0 Å². The second-order valence-electron chi connectivity index (χ2n) is 7.69. The number of halogens is 1. The first-order valence-corrected chi connectivity index (χ1v) is 10.3. The van der Waals surface area contributed by atoms with Crippen LogP contribution in [0.4, 0.5) is 15.8 Å². The minimum Gasteiger partial charge on any atom is -0.378 e. The zero-order valence-electron chi connectivity index (χ0n) is 16.8. The first-order valence-electron chi connectivity index (χ1n) is 10.3. The molecule has 0 unspecified atom stereocenters. The average Bonchev–Trinajstić information content (AvgIpc) is 2.74. The van der Waals surface area contributed by atoms with Gasteiger partial charge < -0.3 is 15.0 Å². The number of amides is 1. The van der Waals surface area contributed by atoms with Crippen LogP contribution in [0.5, 0.6) is 0 Å². The van der Waals surface area contributed by atoms with Gasteiger partial charge in [-0.3, -0.25) is 14.5 Å². The molecular formula is C21H26FN5O3. The van der Waals surface area contributed by atoms with Gasteiger partial charge in [-0.05, 0) is 37.6 Å². The van der Waals surface area contributed by atoms with Gasteiger partial charge in [0, 0.05) is 31.4 Å². The standard InChI is InChI=1S/C21H26FN5O3/c22-16-3-1-4-17(11-16)24-20(28)15-25-6-2-5-18(14-25)27-21(29)12-19(13-23-27)26-7-9-30-10-8-26/h1,3-4,11-13,18H,2,5-10,14-15H2,(H,24,28)/t18-/m1/s1. The minimum atomic E-state index is -0.392. The summed E-state index contributed by atoms with van der Waals surface area (Å²) in [5, 5.41) is 7.14. The number of hydrogen-bond donors (Lipinski definition) is 1. The minimum absolute atomic E-state index is 0.0769. The molecule has 2 fully saturated rings. The van der Waals surface area contributed by atoms with Crippen molar-refractivity contribution in [3.05, 3.63) is 52.7 Å². The summed E-state index contributed by atoms with van der Waals surface area (Å²) in [5.74, 6) is -0.596. The van der Waals surface area contributed by atoms with Crippen LogP contribution in [0, 0.1) is 5.82 Å². The summed E-state index contributed by atoms with van der Waals surface area (Å²) >= 11 is 0. The Balaban J connectivity index is 1.37. The predicted molar refractivity (Wildman–Crippen MR) is 111 cm³/mol. The van der Waals surface area contributed by atoms with Gasteiger partial charge in [0.05, 0.1) is 37.7 Å². The Morgan fingerprint density at radius 2 is 2.07 bits per heavy atom. The molecular weight excluding hydrogens is 389 g/mol. The van der Waals surface area contributed by atoms with Gasteiger partial charge in [0.2, 0.25) is 5.91 Å². The predicted octanol–water partition coefficient (Wildman–Crippen LogP) is 1.49. The second-order valence-corrected chi connectivity index (χ2v) is 7.69. The summed E-state index contributed by atoms with van der Waals surface area (Å²) < 4.78 is 20.2. The Bertz CT molecular complexity index is 944. The largest absolute Gasteiger partial charge is 0.378 e. The lowest BCUT2D eigenvalue weighted by molar-refractivity contribution is -0.117. The molecule has 1 amide bonds. The number of anilines is 2. The molecule has 8 nitrogen and oxygen atoms in total. The molecule has 0 saturated carbocycles. The van der Waals surface area contributed by atoms with E-state index in [4.69, 9.17) is 4.74 Å². The van der Waals surface area contributed by atoms with E-state index in [1.807, 2.05) is 4.90 Å². The van der Waals surface area contributed by atoms with Crippen molar-refractivity contribution in [2.24, 2.45) is 0 Å². The number of nitrogens with one attached hydrogen (secondary N) is 1. The molecule has 0 radical (unpaired) electrons. The summed E-state index contributed by atoms with van der Waals surface area (Å²) in [5.41, 5.74) is 1.13. The summed E-state index contributed by atoms with van der Waals surface area (Å²) in [6.07, 6.45) is 3.45. The molecule has 1 aromatic carbocycles. The Kier molecular flexibility index (Phi) is 6.39. The van der Waals surface area contributed by atoms with Gasteiger partial charge in [-0.2, -0.15) is 5.10 Å². The summed E-state index contributed by atoms with van der Waals surface area (Å²) in [6, 6.07) is 7.39. The fraction of sp³-hybridized carbons (Fsp3) is 0.476. The van der Waals surface area contributed by atoms with Crippen LogP contribution >= 0.6 is 0 Å². The third kappa shape index (κ3) is 5.03. The Hall–Kier alpha value is -2.78. The molecule has 9 heteroatoms. The van der Waals surface area contributed by atoms with Crippen molar-refractivity contribution >= 4 is 17.3 Å². The third-order valence-corrected chi connectivity index (χ3v) is 5.49. The van der Waals surface area contributed by atoms with Crippen LogP contribution in [-0.4, -0.2) is 66.5 Å². The smallest absolute Gasteiger partial charge is 0.269 e. The van der Waals surface area contributed by atoms with Crippen LogP contribution in [0.3, 0.4) is 0 Å². The Morgan fingerprint density at radius 1 is 1.23 bits per heavy atom. The maximum Gasteiger partial charge on any atom is 0.269 e. The van der Waals surface area contributed by atoms with E-state index < -0.39 is 5.82 Å². The van der Waals surface area contributed by atoms with Crippen molar-refractivity contribution in [2.75, 3.05) is 56.2 Å². The lowest BCUT2D eigenvalue weighted by Crippen LogP contribution is -2.44. The van der Waals surface area contributed by atoms with Crippen molar-refractivity contribution in [3.8, 4) is 0 Å². The van der Waals surface area contributed by atoms with E-state index in [2.05, 4.69) is 15.3 Å². The zero-order chi connectivity index (χ0) is 20.9. The molecule has 4 rings (SSSR count). The number of carbonyl (C=O) groups excluding carboxylic acids is 1. The summed E-state index contributed by atoms with van der Waals surface area (Å²) in [4.78, 5) is 29.1. The lowest BCUT2D eigenvalue weighted by atomic mass is 10.1. The number of hydrogen-bond acceptors (Lipinski definition) is 6. The molecule has 0 aliphatic carbocycles. The first kappa shape index (κ1) is 20.5. The number of likely N-dealkylation sites (tertiary alicyclic amines) is 1. The van der Waals surface area contributed by atoms with E-state index in [1.54, 1.807) is 24.4 Å². The molecule has 30 heavy (non-hydrogen) atoms. The van der Waals surface area contributed by atoms with E-state index in [0.717, 1.165) is 38.2 Å². The van der Waals surface area contributed by atoms with E-state index in [9.17, 15) is 14.0 Å². The normalized spacial score (nSPS) is 20.2. The average molecular weight is 415 g/mol. The number of piperidine rings is 1. The van der Waals surface area contributed by atoms with Gasteiger partial charge in [-0.25, -0.2) is 9.07 Å². The van der Waals surface area contributed by atoms with Gasteiger partial charge >= 0.3 is 0 Å². The Morgan fingerprint density at radius 3 is 2.83 bits per heavy atom. The maximum absolute atomic E-state index is 13.3. The molecule has 1 aromatic heterocycles. The van der Waals surface area contributed by atoms with Crippen LogP contribution < -0.4 is 15.8 Å². The van der Waals surface area contributed by atoms with Crippen molar-refractivity contribution in [2.45, 2.75) is 18.9 Å². The maximum atomic E-state index is 13.3. The number of rotatable bonds is 5. The number of nitrogens with zero attached hydrogens (tertiary/aromatic N) is 4. The van der Waals surface area contributed by atoms with Gasteiger partial charge in [0.1, 0.15) is 5.82 Å². The highest BCUT2D eigenvalue weighted by atomic mass is 19.1. The monoisotopic (exact) mass is 415 g/mol. The molecule has 2 aliphatic rings. The van der Waals surface area contributed by atoms with Gasteiger partial charge in [-0.1, -0.05) is 6.07 Å². The molecule has 1 atom stereocenters. The molecule has 3 heterocycles. The van der Waals surface area contributed by atoms with Crippen molar-refractivity contribution in [1.29, 1.82) is 0 Å². The second kappa shape index (κ2) is 9.36. The van der Waals surface area contributed by atoms with Crippen LogP contribution in [0.15, 0.2) is 41.3 Å². The van der Waals surface area contributed by atoms with Crippen LogP contribution in [-0.2, 0) is 9.53 Å². The Labute approximate surface area is 174 Å². The fourth-order valence-corrected chi connectivity index (χ4v) is 4.02. The molecule has 160 valence electrons. The highest BCUT2D eigenvalue weighted by molar-refractivity contribution is 5.92. The van der Waals surface area contributed by atoms with Crippen LogP contribution in [0.25, 0.3) is 0 Å². The van der Waals surface area contributed by atoms with Crippen LogP contribution in [0.2, 0.25) is 0 Å². The molecule has 2 aliphatic heterocycles. The van der Waals surface area contributed by atoms with Gasteiger partial charge in [-0.15, -0.1) is 0 Å². The van der Waals surface area contributed by atoms with E-state index in [1.165, 1.54) is 16.8 Å². The third-order valence-electron chi connectivity index (χ3n) is 5.49. The van der Waals surface area contributed by atoms with E-state index in [0.29, 0.717) is 25.4 Å². The summed E-state index contributed by atoms with van der Waals surface area (Å²) in [7, 11) is 0. The fourth-order valence-electron chi connectivity index (χ4n) is 4.02. The molecule has 2 saturated heterocycles. The van der Waals surface area contributed by atoms with Crippen molar-refractivity contribution in [1.82, 2.24) is 14.7 Å². The van der Waals surface area contributed by atoms with Crippen molar-refractivity contribution in [3.63, 3.8) is 0 Å². The number of carbonyl (C=O) groups is 1. The highest BCUT2D eigenvalue weighted by Crippen LogP contribution is 2.20. The number of aromatic nitrogens is 2. The molecule has 0 bridgehead atoms. The van der Waals surface area contributed by atoms with E-state index in [-0.39, 0.29) is 24.1 Å². The highest BCUT2D eigenvalue weighted by Gasteiger charge is 2.25. The molecule has 1 N–H and O–H groups in total. The van der Waals surface area contributed by atoms with Gasteiger partial charge in [0.25, 0.3) is 5.56 Å². The molecule has 2 aromatic rings. The topological polar surface area (TPSA) is 79.7 Å². The number of benzene rings is 1. The zero-order valence-corrected chi connectivity index (χ0v) is 16.8. The van der Waals surface area contributed by atoms with Crippen LogP contribution in [0.1, 0.15) is 18.9 Å².